The molecule has 0 N–H and O–H groups in total. The van der Waals surface area contributed by atoms with E-state index in [0.29, 0.717) is 38.8 Å². The van der Waals surface area contributed by atoms with Crippen LogP contribution >= 0.6 is 11.6 Å². The number of nitrogens with zero attached hydrogens (tertiary/aromatic N) is 3. The predicted octanol–water partition coefficient (Wildman–Crippen LogP) is 3.28. The number of benzene rings is 1. The molecule has 0 saturated heterocycles. The highest BCUT2D eigenvalue weighted by atomic mass is 35.5. The lowest BCUT2D eigenvalue weighted by molar-refractivity contribution is 0.0815. The number of pyridine rings is 1. The van der Waals surface area contributed by atoms with Gasteiger partial charge in [-0.05, 0) is 13.0 Å². The Hall–Kier alpha value is -2.79. The maximum absolute atomic E-state index is 12.5. The van der Waals surface area contributed by atoms with Gasteiger partial charge in [-0.25, -0.2) is 4.68 Å². The number of Topliss-reactive ketones (excluding diaryl/α,β-unsaturated/α-hetero) is 2. The van der Waals surface area contributed by atoms with E-state index in [1.54, 1.807) is 36.0 Å². The minimum atomic E-state index is -0.530. The Morgan fingerprint density at radius 3 is 2.52 bits per heavy atom. The van der Waals surface area contributed by atoms with E-state index in [1.807, 2.05) is 12.1 Å². The molecule has 0 bridgehead atoms. The van der Waals surface area contributed by atoms with Gasteiger partial charge in [0.25, 0.3) is 0 Å². The Morgan fingerprint density at radius 1 is 1.04 bits per heavy atom. The lowest BCUT2D eigenvalue weighted by Gasteiger charge is -2.16. The van der Waals surface area contributed by atoms with E-state index in [2.05, 4.69) is 10.1 Å². The van der Waals surface area contributed by atoms with E-state index in [9.17, 15) is 9.59 Å². The molecule has 0 amide bonds. The van der Waals surface area contributed by atoms with Gasteiger partial charge in [-0.1, -0.05) is 35.9 Å². The Morgan fingerprint density at radius 2 is 1.78 bits per heavy atom. The number of carbonyl (C=O) groups excluding carboxylic acids is 2. The van der Waals surface area contributed by atoms with Crippen molar-refractivity contribution >= 4 is 23.2 Å². The summed E-state index contributed by atoms with van der Waals surface area (Å²) in [6.45, 7) is 1.71. The highest BCUT2D eigenvalue weighted by Gasteiger charge is 2.35. The van der Waals surface area contributed by atoms with Crippen molar-refractivity contribution in [2.75, 3.05) is 0 Å². The normalized spacial score (nSPS) is 13.0. The third-order valence-electron chi connectivity index (χ3n) is 3.86. The number of aromatic nitrogens is 3. The van der Waals surface area contributed by atoms with Gasteiger partial charge >= 0.3 is 0 Å². The van der Waals surface area contributed by atoms with Gasteiger partial charge in [-0.3, -0.25) is 14.6 Å². The van der Waals surface area contributed by atoms with Crippen molar-refractivity contribution < 1.29 is 9.59 Å². The summed E-state index contributed by atoms with van der Waals surface area (Å²) in [5.41, 5.74) is 3.17. The molecule has 3 aromatic rings. The van der Waals surface area contributed by atoms with Gasteiger partial charge in [-0.2, -0.15) is 5.10 Å². The number of halogens is 1. The van der Waals surface area contributed by atoms with Crippen LogP contribution in [0.2, 0.25) is 5.02 Å². The Bertz CT molecular complexity index is 991. The predicted molar refractivity (Wildman–Crippen MR) is 85.2 cm³/mol. The maximum atomic E-state index is 12.5. The Balaban J connectivity index is 2.09. The van der Waals surface area contributed by atoms with Crippen molar-refractivity contribution in [3.05, 3.63) is 64.6 Å². The first kappa shape index (κ1) is 13.8. The van der Waals surface area contributed by atoms with E-state index in [4.69, 9.17) is 11.6 Å². The first-order valence-corrected chi connectivity index (χ1v) is 7.34. The van der Waals surface area contributed by atoms with Crippen molar-refractivity contribution in [2.24, 2.45) is 0 Å². The van der Waals surface area contributed by atoms with Crippen LogP contribution in [0.15, 0.2) is 42.7 Å². The van der Waals surface area contributed by atoms with Crippen LogP contribution in [0.3, 0.4) is 0 Å². The number of fused-ring (bicyclic) bond motifs is 3. The van der Waals surface area contributed by atoms with Crippen molar-refractivity contribution in [3.8, 4) is 16.9 Å². The fourth-order valence-electron chi connectivity index (χ4n) is 2.87. The third kappa shape index (κ3) is 1.94. The van der Waals surface area contributed by atoms with E-state index >= 15 is 0 Å². The molecule has 4 rings (SSSR count). The highest BCUT2D eigenvalue weighted by molar-refractivity contribution is 6.53. The van der Waals surface area contributed by atoms with Gasteiger partial charge in [0, 0.05) is 17.3 Å². The summed E-state index contributed by atoms with van der Waals surface area (Å²) in [5, 5.41) is 4.90. The summed E-state index contributed by atoms with van der Waals surface area (Å²) in [6.07, 6.45) is 3.14. The topological polar surface area (TPSA) is 64.8 Å². The van der Waals surface area contributed by atoms with Gasteiger partial charge in [0.2, 0.25) is 11.6 Å². The smallest absolute Gasteiger partial charge is 0.237 e. The highest BCUT2D eigenvalue weighted by Crippen LogP contribution is 2.36. The zero-order valence-corrected chi connectivity index (χ0v) is 12.8. The van der Waals surface area contributed by atoms with Crippen LogP contribution < -0.4 is 0 Å². The second kappa shape index (κ2) is 4.86. The molecule has 5 nitrogen and oxygen atoms in total. The van der Waals surface area contributed by atoms with Crippen LogP contribution in [-0.4, -0.2) is 26.3 Å². The SMILES string of the molecule is Cc1nn(-c2cncc(Cl)c2)c2c1C(=O)C(=O)c1ccccc1-2. The summed E-state index contributed by atoms with van der Waals surface area (Å²) < 4.78 is 1.62. The van der Waals surface area contributed by atoms with Gasteiger partial charge < -0.3 is 0 Å². The summed E-state index contributed by atoms with van der Waals surface area (Å²) in [5.74, 6) is -1.03. The zero-order valence-electron chi connectivity index (χ0n) is 12.1. The number of ketones is 2. The van der Waals surface area contributed by atoms with Gasteiger partial charge in [0.1, 0.15) is 0 Å². The second-order valence-corrected chi connectivity index (χ2v) is 5.72. The molecule has 23 heavy (non-hydrogen) atoms. The van der Waals surface area contributed by atoms with Crippen molar-refractivity contribution in [3.63, 3.8) is 0 Å². The summed E-state index contributed by atoms with van der Waals surface area (Å²) in [7, 11) is 0. The zero-order chi connectivity index (χ0) is 16.1. The van der Waals surface area contributed by atoms with Crippen molar-refractivity contribution in [1.82, 2.24) is 14.8 Å². The molecule has 0 radical (unpaired) electrons. The quantitative estimate of drug-likeness (QED) is 0.645. The molecule has 112 valence electrons. The minimum Gasteiger partial charge on any atom is -0.285 e. The molecule has 1 aliphatic carbocycles. The van der Waals surface area contributed by atoms with Crippen LogP contribution in [0.4, 0.5) is 0 Å². The third-order valence-corrected chi connectivity index (χ3v) is 4.06. The average molecular weight is 324 g/mol. The standard InChI is InChI=1S/C17H10ClN3O2/c1-9-14-15(21(20-9)11-6-10(18)7-19-8-11)12-4-2-3-5-13(12)16(22)17(14)23/h2-8H,1H3. The molecule has 0 atom stereocenters. The summed E-state index contributed by atoms with van der Waals surface area (Å²) >= 11 is 6.01. The molecule has 0 spiro atoms. The molecular formula is C17H10ClN3O2. The number of aryl methyl sites for hydroxylation is 1. The van der Waals surface area contributed by atoms with Gasteiger partial charge in [-0.15, -0.1) is 0 Å². The first-order valence-electron chi connectivity index (χ1n) is 6.97. The van der Waals surface area contributed by atoms with Crippen LogP contribution in [0, 0.1) is 6.92 Å². The van der Waals surface area contributed by atoms with E-state index in [1.165, 1.54) is 6.20 Å². The number of rotatable bonds is 1. The van der Waals surface area contributed by atoms with E-state index < -0.39 is 11.6 Å². The number of hydrogen-bond acceptors (Lipinski definition) is 4. The van der Waals surface area contributed by atoms with Gasteiger partial charge in [0.15, 0.2) is 0 Å². The van der Waals surface area contributed by atoms with Crippen molar-refractivity contribution in [1.29, 1.82) is 0 Å². The first-order chi connectivity index (χ1) is 11.1. The van der Waals surface area contributed by atoms with Crippen LogP contribution in [-0.2, 0) is 0 Å². The molecular weight excluding hydrogens is 314 g/mol. The molecule has 0 fully saturated rings. The van der Waals surface area contributed by atoms with E-state index in [-0.39, 0.29) is 0 Å². The van der Waals surface area contributed by atoms with E-state index in [0.717, 1.165) is 0 Å². The average Bonchev–Trinajstić information content (AvgIpc) is 2.90. The minimum absolute atomic E-state index is 0.341. The van der Waals surface area contributed by atoms with Crippen molar-refractivity contribution in [2.45, 2.75) is 6.92 Å². The Labute approximate surface area is 136 Å². The number of hydrogen-bond donors (Lipinski definition) is 0. The lowest BCUT2D eigenvalue weighted by Crippen LogP contribution is -2.22. The van der Waals surface area contributed by atoms with Crippen LogP contribution in [0.5, 0.6) is 0 Å². The molecule has 1 aromatic carbocycles. The number of carbonyl (C=O) groups is 2. The largest absolute Gasteiger partial charge is 0.285 e. The maximum Gasteiger partial charge on any atom is 0.237 e. The molecule has 0 aliphatic heterocycles. The molecule has 2 aromatic heterocycles. The summed E-state index contributed by atoms with van der Waals surface area (Å²) in [6, 6.07) is 8.75. The molecule has 6 heteroatoms. The molecule has 1 aliphatic rings. The monoisotopic (exact) mass is 323 g/mol. The van der Waals surface area contributed by atoms with Gasteiger partial charge in [0.05, 0.1) is 33.9 Å². The van der Waals surface area contributed by atoms with Crippen LogP contribution in [0.1, 0.15) is 26.4 Å². The second-order valence-electron chi connectivity index (χ2n) is 5.29. The molecule has 0 unspecified atom stereocenters. The fraction of sp³-hybridized carbons (Fsp3) is 0.0588. The fourth-order valence-corrected chi connectivity index (χ4v) is 3.04. The molecule has 2 heterocycles. The van der Waals surface area contributed by atoms with Crippen LogP contribution in [0.25, 0.3) is 16.9 Å². The summed E-state index contributed by atoms with van der Waals surface area (Å²) in [4.78, 5) is 28.8. The molecule has 0 saturated carbocycles. The lowest BCUT2D eigenvalue weighted by atomic mass is 9.87. The Kier molecular flexibility index (Phi) is 2.92.